The molecule has 18 heavy (non-hydrogen) atoms. The Morgan fingerprint density at radius 3 is 2.72 bits per heavy atom. The number of hydrogen-bond donors (Lipinski definition) is 2. The fourth-order valence-electron chi connectivity index (χ4n) is 2.56. The van der Waals surface area contributed by atoms with Gasteiger partial charge in [-0.25, -0.2) is 0 Å². The van der Waals surface area contributed by atoms with Gasteiger partial charge in [-0.15, -0.1) is 0 Å². The van der Waals surface area contributed by atoms with Crippen LogP contribution in [0.5, 0.6) is 0 Å². The monoisotopic (exact) mass is 249 g/mol. The van der Waals surface area contributed by atoms with Crippen molar-refractivity contribution < 1.29 is 15.0 Å². The van der Waals surface area contributed by atoms with Crippen molar-refractivity contribution in [3.05, 3.63) is 35.9 Å². The molecule has 1 fully saturated rings. The van der Waals surface area contributed by atoms with Crippen molar-refractivity contribution in [2.45, 2.75) is 38.0 Å². The van der Waals surface area contributed by atoms with E-state index in [1.165, 1.54) is 0 Å². The molecule has 2 N–H and O–H groups in total. The second kappa shape index (κ2) is 5.98. The molecule has 4 heteroatoms. The minimum Gasteiger partial charge on any atom is -0.481 e. The van der Waals surface area contributed by atoms with Crippen molar-refractivity contribution in [3.63, 3.8) is 0 Å². The van der Waals surface area contributed by atoms with Crippen LogP contribution in [0.25, 0.3) is 0 Å². The van der Waals surface area contributed by atoms with Gasteiger partial charge in [0.2, 0.25) is 0 Å². The number of nitrogens with zero attached hydrogens (tertiary/aromatic N) is 1. The molecule has 4 nitrogen and oxygen atoms in total. The van der Waals surface area contributed by atoms with E-state index in [1.807, 2.05) is 30.3 Å². The number of rotatable bonds is 4. The standard InChI is InChI=1S/C14H19NO3/c16-13-7-4-8-15(12(13)9-14(17)18)10-11-5-2-1-3-6-11/h1-3,5-6,12-13,16H,4,7-10H2,(H,17,18). The summed E-state index contributed by atoms with van der Waals surface area (Å²) in [5.74, 6) is -0.848. The van der Waals surface area contributed by atoms with Crippen LogP contribution in [0.2, 0.25) is 0 Å². The molecule has 1 aliphatic heterocycles. The van der Waals surface area contributed by atoms with E-state index in [1.54, 1.807) is 0 Å². The minimum atomic E-state index is -0.848. The van der Waals surface area contributed by atoms with Crippen molar-refractivity contribution in [2.75, 3.05) is 6.54 Å². The highest BCUT2D eigenvalue weighted by atomic mass is 16.4. The second-order valence-corrected chi connectivity index (χ2v) is 4.83. The number of aliphatic hydroxyl groups is 1. The van der Waals surface area contributed by atoms with Gasteiger partial charge in [-0.3, -0.25) is 9.69 Å². The van der Waals surface area contributed by atoms with E-state index in [2.05, 4.69) is 4.90 Å². The number of likely N-dealkylation sites (tertiary alicyclic amines) is 1. The molecule has 0 spiro atoms. The number of aliphatic carboxylic acids is 1. The van der Waals surface area contributed by atoms with Gasteiger partial charge in [0, 0.05) is 12.6 Å². The maximum absolute atomic E-state index is 10.9. The smallest absolute Gasteiger partial charge is 0.305 e. The van der Waals surface area contributed by atoms with Gasteiger partial charge in [-0.05, 0) is 24.9 Å². The molecule has 1 heterocycles. The molecule has 1 aromatic rings. The first-order valence-corrected chi connectivity index (χ1v) is 6.34. The molecule has 0 bridgehead atoms. The first kappa shape index (κ1) is 13.1. The largest absolute Gasteiger partial charge is 0.481 e. The van der Waals surface area contributed by atoms with Gasteiger partial charge in [-0.2, -0.15) is 0 Å². The first-order chi connectivity index (χ1) is 8.66. The zero-order valence-electron chi connectivity index (χ0n) is 10.3. The lowest BCUT2D eigenvalue weighted by molar-refractivity contribution is -0.140. The summed E-state index contributed by atoms with van der Waals surface area (Å²) in [7, 11) is 0. The van der Waals surface area contributed by atoms with Crippen molar-refractivity contribution in [3.8, 4) is 0 Å². The molecule has 1 aromatic carbocycles. The van der Waals surface area contributed by atoms with E-state index < -0.39 is 12.1 Å². The number of benzene rings is 1. The van der Waals surface area contributed by atoms with E-state index in [4.69, 9.17) is 5.11 Å². The maximum Gasteiger partial charge on any atom is 0.305 e. The molecule has 98 valence electrons. The molecule has 0 radical (unpaired) electrons. The number of piperidine rings is 1. The van der Waals surface area contributed by atoms with E-state index in [0.29, 0.717) is 13.0 Å². The summed E-state index contributed by atoms with van der Waals surface area (Å²) < 4.78 is 0. The highest BCUT2D eigenvalue weighted by Crippen LogP contribution is 2.22. The van der Waals surface area contributed by atoms with Gasteiger partial charge in [0.1, 0.15) is 0 Å². The Morgan fingerprint density at radius 2 is 2.06 bits per heavy atom. The highest BCUT2D eigenvalue weighted by molar-refractivity contribution is 5.67. The third-order valence-electron chi connectivity index (χ3n) is 3.47. The molecule has 2 atom stereocenters. The predicted molar refractivity (Wildman–Crippen MR) is 68.1 cm³/mol. The average Bonchev–Trinajstić information content (AvgIpc) is 2.34. The van der Waals surface area contributed by atoms with Crippen molar-refractivity contribution in [1.82, 2.24) is 4.90 Å². The number of hydrogen-bond acceptors (Lipinski definition) is 3. The van der Waals surface area contributed by atoms with Crippen LogP contribution >= 0.6 is 0 Å². The molecule has 0 aromatic heterocycles. The van der Waals surface area contributed by atoms with Crippen LogP contribution in [0.4, 0.5) is 0 Å². The highest BCUT2D eigenvalue weighted by Gasteiger charge is 2.31. The number of carboxylic acid groups (broad SMARTS) is 1. The number of carboxylic acids is 1. The Balaban J connectivity index is 2.06. The molecule has 0 amide bonds. The SMILES string of the molecule is O=C(O)CC1C(O)CCCN1Cc1ccccc1. The van der Waals surface area contributed by atoms with E-state index in [0.717, 1.165) is 18.5 Å². The van der Waals surface area contributed by atoms with E-state index in [9.17, 15) is 9.90 Å². The normalized spacial score (nSPS) is 24.9. The lowest BCUT2D eigenvalue weighted by atomic mass is 9.95. The quantitative estimate of drug-likeness (QED) is 0.848. The summed E-state index contributed by atoms with van der Waals surface area (Å²) in [6.45, 7) is 1.56. The maximum atomic E-state index is 10.9. The fraction of sp³-hybridized carbons (Fsp3) is 0.500. The lowest BCUT2D eigenvalue weighted by Gasteiger charge is -2.38. The third kappa shape index (κ3) is 3.31. The van der Waals surface area contributed by atoms with Gasteiger partial charge in [0.25, 0.3) is 0 Å². The summed E-state index contributed by atoms with van der Waals surface area (Å²) >= 11 is 0. The summed E-state index contributed by atoms with van der Waals surface area (Å²) in [5.41, 5.74) is 1.15. The molecule has 0 aliphatic carbocycles. The summed E-state index contributed by atoms with van der Waals surface area (Å²) in [4.78, 5) is 13.0. The van der Waals surface area contributed by atoms with Crippen molar-refractivity contribution in [1.29, 1.82) is 0 Å². The van der Waals surface area contributed by atoms with Gasteiger partial charge in [0.15, 0.2) is 0 Å². The molecule has 1 aliphatic rings. The minimum absolute atomic E-state index is 0.00794. The van der Waals surface area contributed by atoms with Gasteiger partial charge in [-0.1, -0.05) is 30.3 Å². The van der Waals surface area contributed by atoms with E-state index in [-0.39, 0.29) is 12.5 Å². The van der Waals surface area contributed by atoms with Crippen LogP contribution in [0, 0.1) is 0 Å². The molecular weight excluding hydrogens is 230 g/mol. The zero-order chi connectivity index (χ0) is 13.0. The molecule has 0 saturated carbocycles. The zero-order valence-corrected chi connectivity index (χ0v) is 10.3. The number of aliphatic hydroxyl groups excluding tert-OH is 1. The average molecular weight is 249 g/mol. The molecule has 1 saturated heterocycles. The topological polar surface area (TPSA) is 60.8 Å². The Hall–Kier alpha value is -1.39. The van der Waals surface area contributed by atoms with Crippen LogP contribution in [-0.4, -0.2) is 39.8 Å². The van der Waals surface area contributed by atoms with Gasteiger partial charge >= 0.3 is 5.97 Å². The molecular formula is C14H19NO3. The summed E-state index contributed by atoms with van der Waals surface area (Å²) in [6.07, 6.45) is 1.10. The number of carbonyl (C=O) groups is 1. The predicted octanol–water partition coefficient (Wildman–Crippen LogP) is 1.49. The van der Waals surface area contributed by atoms with Gasteiger partial charge < -0.3 is 10.2 Å². The Morgan fingerprint density at radius 1 is 1.33 bits per heavy atom. The Kier molecular flexibility index (Phi) is 4.33. The Bertz CT molecular complexity index is 393. The third-order valence-corrected chi connectivity index (χ3v) is 3.47. The first-order valence-electron chi connectivity index (χ1n) is 6.34. The molecule has 2 unspecified atom stereocenters. The summed E-state index contributed by atoms with van der Waals surface area (Å²) in [5, 5.41) is 18.9. The van der Waals surface area contributed by atoms with Crippen LogP contribution in [-0.2, 0) is 11.3 Å². The summed E-state index contributed by atoms with van der Waals surface area (Å²) in [6, 6.07) is 9.70. The molecule has 2 rings (SSSR count). The Labute approximate surface area is 107 Å². The van der Waals surface area contributed by atoms with Crippen LogP contribution in [0.1, 0.15) is 24.8 Å². The van der Waals surface area contributed by atoms with Crippen LogP contribution in [0.3, 0.4) is 0 Å². The van der Waals surface area contributed by atoms with Crippen LogP contribution in [0.15, 0.2) is 30.3 Å². The van der Waals surface area contributed by atoms with Gasteiger partial charge in [0.05, 0.1) is 12.5 Å². The van der Waals surface area contributed by atoms with Crippen LogP contribution < -0.4 is 0 Å². The van der Waals surface area contributed by atoms with Crippen molar-refractivity contribution in [2.24, 2.45) is 0 Å². The van der Waals surface area contributed by atoms with Crippen molar-refractivity contribution >= 4 is 5.97 Å². The second-order valence-electron chi connectivity index (χ2n) is 4.83. The fourth-order valence-corrected chi connectivity index (χ4v) is 2.56. The lowest BCUT2D eigenvalue weighted by Crippen LogP contribution is -2.48. The van der Waals surface area contributed by atoms with E-state index >= 15 is 0 Å².